The van der Waals surface area contributed by atoms with E-state index in [-0.39, 0.29) is 36.0 Å². The summed E-state index contributed by atoms with van der Waals surface area (Å²) >= 11 is 3.63. The number of hydrogen-bond donors (Lipinski definition) is 1. The lowest BCUT2D eigenvalue weighted by Crippen LogP contribution is -2.70. The summed E-state index contributed by atoms with van der Waals surface area (Å²) in [5, 5.41) is 0. The molecule has 10 heteroatoms. The molecule has 2 N–H and O–H groups in total. The number of Topliss-reactive ketones (excluding diaryl/α,β-unsaturated/α-hetero) is 2. The van der Waals surface area contributed by atoms with Crippen LogP contribution in [0.2, 0.25) is 0 Å². The normalized spacial score (nSPS) is 52.4. The second-order valence-corrected chi connectivity index (χ2v) is 8.62. The molecule has 0 radical (unpaired) electrons. The molecule has 6 aliphatic rings. The van der Waals surface area contributed by atoms with Crippen LogP contribution in [0.1, 0.15) is 6.92 Å². The summed E-state index contributed by atoms with van der Waals surface area (Å²) in [5.41, 5.74) is 3.37. The number of nitrogens with zero attached hydrogens (tertiary/aromatic N) is 2. The number of hydrogen-bond acceptors (Lipinski definition) is 8. The van der Waals surface area contributed by atoms with Gasteiger partial charge in [-0.2, -0.15) is 0 Å². The lowest BCUT2D eigenvalue weighted by Gasteiger charge is -2.47. The number of piperazine rings is 1. The zero-order chi connectivity index (χ0) is 18.8. The zero-order valence-electron chi connectivity index (χ0n) is 14.4. The maximum absolute atomic E-state index is 13.5. The van der Waals surface area contributed by atoms with Crippen molar-refractivity contribution >= 4 is 33.6 Å². The molecule has 0 aromatic rings. The van der Waals surface area contributed by atoms with E-state index in [0.717, 1.165) is 0 Å². The van der Waals surface area contributed by atoms with Gasteiger partial charge in [0.15, 0.2) is 17.2 Å². The van der Waals surface area contributed by atoms with Gasteiger partial charge in [-0.05, 0) is 6.92 Å². The van der Waals surface area contributed by atoms with Gasteiger partial charge in [-0.1, -0.05) is 15.9 Å². The minimum atomic E-state index is -1.35. The van der Waals surface area contributed by atoms with Crippen LogP contribution in [-0.4, -0.2) is 82.6 Å². The van der Waals surface area contributed by atoms with Gasteiger partial charge in [-0.25, -0.2) is 9.69 Å². The van der Waals surface area contributed by atoms with Crippen molar-refractivity contribution in [1.29, 1.82) is 0 Å². The fourth-order valence-electron chi connectivity index (χ4n) is 6.14. The molecule has 5 saturated heterocycles. The first kappa shape index (κ1) is 16.7. The van der Waals surface area contributed by atoms with E-state index in [9.17, 15) is 14.4 Å². The number of methoxy groups -OCH3 is 2. The number of rotatable bonds is 4. The fraction of sp³-hybridized carbons (Fsp3) is 0.688. The Bertz CT molecular complexity index is 831. The molecule has 5 aliphatic heterocycles. The van der Waals surface area contributed by atoms with Crippen LogP contribution in [0, 0.1) is 5.92 Å². The van der Waals surface area contributed by atoms with Gasteiger partial charge in [0, 0.05) is 25.3 Å². The Kier molecular flexibility index (Phi) is 2.88. The molecule has 2 unspecified atom stereocenters. The van der Waals surface area contributed by atoms with Crippen LogP contribution in [0.5, 0.6) is 0 Å². The Hall–Kier alpha value is -1.49. The molecule has 140 valence electrons. The first-order valence-electron chi connectivity index (χ1n) is 8.33. The fourth-order valence-corrected chi connectivity index (χ4v) is 7.38. The Morgan fingerprint density at radius 2 is 2.04 bits per heavy atom. The molecule has 26 heavy (non-hydrogen) atoms. The van der Waals surface area contributed by atoms with Crippen LogP contribution in [0.25, 0.3) is 0 Å². The average Bonchev–Trinajstić information content (AvgIpc) is 2.90. The van der Waals surface area contributed by atoms with Crippen LogP contribution >= 0.6 is 15.9 Å². The summed E-state index contributed by atoms with van der Waals surface area (Å²) in [5.74, 6) is -1.12. The molecule has 1 spiro atoms. The third-order valence-electron chi connectivity index (χ3n) is 6.86. The highest BCUT2D eigenvalue weighted by Gasteiger charge is 3.00. The van der Waals surface area contributed by atoms with E-state index < -0.39 is 27.7 Å². The van der Waals surface area contributed by atoms with Gasteiger partial charge in [0.2, 0.25) is 5.78 Å². The van der Waals surface area contributed by atoms with Gasteiger partial charge >= 0.3 is 6.09 Å². The molecule has 1 aliphatic carbocycles. The van der Waals surface area contributed by atoms with Crippen molar-refractivity contribution in [1.82, 2.24) is 9.80 Å². The summed E-state index contributed by atoms with van der Waals surface area (Å²) in [6.45, 7) is 2.09. The summed E-state index contributed by atoms with van der Waals surface area (Å²) in [6, 6.07) is 0.118. The summed E-state index contributed by atoms with van der Waals surface area (Å²) in [6.07, 6.45) is -0.938. The van der Waals surface area contributed by atoms with Crippen LogP contribution in [-0.2, 0) is 23.8 Å². The third-order valence-corrected chi connectivity index (χ3v) is 8.32. The quantitative estimate of drug-likeness (QED) is 0.464. The lowest BCUT2D eigenvalue weighted by molar-refractivity contribution is -0.140. The second-order valence-electron chi connectivity index (χ2n) is 7.37. The van der Waals surface area contributed by atoms with E-state index in [1.165, 1.54) is 7.11 Å². The maximum Gasteiger partial charge on any atom is 0.404 e. The van der Waals surface area contributed by atoms with E-state index in [1.807, 2.05) is 4.90 Å². The van der Waals surface area contributed by atoms with Crippen molar-refractivity contribution in [2.24, 2.45) is 11.7 Å². The number of halogens is 1. The number of carbonyl (C=O) groups is 3. The summed E-state index contributed by atoms with van der Waals surface area (Å²) < 4.78 is 15.0. The number of amides is 1. The molecular formula is C16H18BrN3O6. The summed E-state index contributed by atoms with van der Waals surface area (Å²) in [7, 11) is 2.93. The molecule has 0 aromatic heterocycles. The number of alkyl halides is 1. The first-order chi connectivity index (χ1) is 12.3. The molecule has 1 amide bonds. The maximum atomic E-state index is 13.5. The van der Waals surface area contributed by atoms with Crippen LogP contribution in [0.15, 0.2) is 11.3 Å². The molecule has 5 heterocycles. The highest BCUT2D eigenvalue weighted by molar-refractivity contribution is 9.10. The Balaban J connectivity index is 1.76. The number of nitrogens with two attached hydrogens (primary N) is 1. The van der Waals surface area contributed by atoms with Gasteiger partial charge in [0.05, 0.1) is 19.1 Å². The van der Waals surface area contributed by atoms with Crippen molar-refractivity contribution in [3.8, 4) is 0 Å². The highest BCUT2D eigenvalue weighted by atomic mass is 79.9. The minimum absolute atomic E-state index is 0.0201. The van der Waals surface area contributed by atoms with Gasteiger partial charge in [-0.15, -0.1) is 0 Å². The molecule has 9 nitrogen and oxygen atoms in total. The van der Waals surface area contributed by atoms with Crippen molar-refractivity contribution in [3.05, 3.63) is 11.3 Å². The van der Waals surface area contributed by atoms with Gasteiger partial charge in [0.1, 0.15) is 16.7 Å². The molecule has 0 saturated carbocycles. The second kappa shape index (κ2) is 4.49. The molecule has 8 atom stereocenters. The predicted octanol–water partition coefficient (Wildman–Crippen LogP) is -0.662. The molecule has 5 fully saturated rings. The molecule has 6 bridgehead atoms. The predicted molar refractivity (Wildman–Crippen MR) is 89.0 cm³/mol. The van der Waals surface area contributed by atoms with E-state index in [1.54, 1.807) is 14.0 Å². The highest BCUT2D eigenvalue weighted by Crippen LogP contribution is 2.78. The zero-order valence-corrected chi connectivity index (χ0v) is 16.0. The molecular weight excluding hydrogens is 410 g/mol. The van der Waals surface area contributed by atoms with E-state index >= 15 is 0 Å². The van der Waals surface area contributed by atoms with Gasteiger partial charge in [0.25, 0.3) is 0 Å². The topological polar surface area (TPSA) is 111 Å². The largest absolute Gasteiger partial charge is 0.493 e. The number of ketones is 2. The van der Waals surface area contributed by atoms with Crippen LogP contribution in [0.3, 0.4) is 0 Å². The monoisotopic (exact) mass is 427 g/mol. The van der Waals surface area contributed by atoms with E-state index in [4.69, 9.17) is 19.9 Å². The minimum Gasteiger partial charge on any atom is -0.493 e. The number of piperidine rings is 1. The van der Waals surface area contributed by atoms with Crippen LogP contribution in [0.4, 0.5) is 4.79 Å². The van der Waals surface area contributed by atoms with Crippen molar-refractivity contribution < 1.29 is 28.6 Å². The molecule has 0 aromatic carbocycles. The van der Waals surface area contributed by atoms with Crippen LogP contribution < -0.4 is 5.73 Å². The third kappa shape index (κ3) is 1.24. The SMILES string of the molecule is COC1=C(C)C(=O)[C@]23N4[C@@H]5CN2[C@@](OC)([C@H]54)[C@H](COC(N)=O)[C@@]3(Br)C1=O. The standard InChI is InChI=1S/C16H18BrN3O6/c1-6-9(24-2)12(22)14(17)8(5-26-13(18)23)15(25-3)10-7-4-19(15)16(14,11(6)21)20(7)10/h7-8,10H,4-5H2,1-3H3,(H2,18,23)/t7-,8-,10+,14-,15+,16-,20?/m1/s1. The average molecular weight is 428 g/mol. The van der Waals surface area contributed by atoms with Crippen molar-refractivity contribution in [2.75, 3.05) is 27.4 Å². The number of carbonyl (C=O) groups excluding carboxylic acids is 3. The van der Waals surface area contributed by atoms with Gasteiger partial charge in [-0.3, -0.25) is 14.5 Å². The molecule has 6 rings (SSSR count). The Labute approximate surface area is 157 Å². The number of allylic oxidation sites excluding steroid dienone is 1. The van der Waals surface area contributed by atoms with E-state index in [2.05, 4.69) is 20.8 Å². The number of primary amides is 1. The lowest BCUT2D eigenvalue weighted by atomic mass is 9.69. The van der Waals surface area contributed by atoms with Crippen molar-refractivity contribution in [3.63, 3.8) is 0 Å². The van der Waals surface area contributed by atoms with E-state index in [0.29, 0.717) is 12.1 Å². The Morgan fingerprint density at radius 1 is 1.35 bits per heavy atom. The Morgan fingerprint density at radius 3 is 2.58 bits per heavy atom. The summed E-state index contributed by atoms with van der Waals surface area (Å²) in [4.78, 5) is 42.3. The van der Waals surface area contributed by atoms with Gasteiger partial charge < -0.3 is 19.9 Å². The number of ether oxygens (including phenoxy) is 3. The smallest absolute Gasteiger partial charge is 0.404 e. The van der Waals surface area contributed by atoms with Crippen molar-refractivity contribution in [2.45, 2.75) is 34.7 Å². The first-order valence-corrected chi connectivity index (χ1v) is 9.12.